The Hall–Kier alpha value is -3.01. The Kier molecular flexibility index (Phi) is 4.38. The number of benzene rings is 2. The van der Waals surface area contributed by atoms with E-state index in [1.807, 2.05) is 48.9 Å². The number of carbonyl (C=O) groups is 1. The maximum atomic E-state index is 12.9. The summed E-state index contributed by atoms with van der Waals surface area (Å²) < 4.78 is 14.8. The highest BCUT2D eigenvalue weighted by atomic mass is 19.1. The van der Waals surface area contributed by atoms with E-state index in [0.29, 0.717) is 5.56 Å². The largest absolute Gasteiger partial charge is 0.289 e. The molecule has 1 heterocycles. The first kappa shape index (κ1) is 15.9. The van der Waals surface area contributed by atoms with E-state index in [1.165, 1.54) is 30.3 Å². The summed E-state index contributed by atoms with van der Waals surface area (Å²) >= 11 is 0. The topological polar surface area (TPSA) is 34.9 Å². The molecule has 24 heavy (non-hydrogen) atoms. The molecule has 0 fully saturated rings. The van der Waals surface area contributed by atoms with Crippen LogP contribution in [0.1, 0.15) is 27.3 Å². The van der Waals surface area contributed by atoms with Crippen LogP contribution in [0, 0.1) is 19.7 Å². The molecule has 4 heteroatoms. The zero-order valence-electron chi connectivity index (χ0n) is 13.5. The van der Waals surface area contributed by atoms with Gasteiger partial charge in [0.2, 0.25) is 0 Å². The molecule has 0 saturated carbocycles. The summed E-state index contributed by atoms with van der Waals surface area (Å²) in [5.41, 5.74) is 4.15. The van der Waals surface area contributed by atoms with Gasteiger partial charge in [0.25, 0.3) is 0 Å². The fourth-order valence-corrected chi connectivity index (χ4v) is 2.59. The van der Waals surface area contributed by atoms with Crippen molar-refractivity contribution in [1.82, 2.24) is 9.78 Å². The highest BCUT2D eigenvalue weighted by molar-refractivity contribution is 6.06. The Labute approximate surface area is 140 Å². The van der Waals surface area contributed by atoms with Gasteiger partial charge in [-0.1, -0.05) is 18.2 Å². The second-order valence-corrected chi connectivity index (χ2v) is 5.54. The Morgan fingerprint density at radius 3 is 2.38 bits per heavy atom. The minimum absolute atomic E-state index is 0.165. The Bertz CT molecular complexity index is 893. The van der Waals surface area contributed by atoms with Crippen molar-refractivity contribution in [3.8, 4) is 5.69 Å². The predicted octanol–water partition coefficient (Wildman–Crippen LogP) is 4.52. The molecule has 3 aromatic rings. The maximum Gasteiger partial charge on any atom is 0.185 e. The number of carbonyl (C=O) groups excluding carboxylic acids is 1. The number of halogens is 1. The van der Waals surface area contributed by atoms with Crippen molar-refractivity contribution in [3.05, 3.63) is 89.0 Å². The van der Waals surface area contributed by atoms with E-state index in [0.717, 1.165) is 22.6 Å². The van der Waals surface area contributed by atoms with Crippen molar-refractivity contribution in [2.75, 3.05) is 0 Å². The first-order valence-corrected chi connectivity index (χ1v) is 7.66. The molecule has 0 bridgehead atoms. The maximum absolute atomic E-state index is 12.9. The molecule has 2 aromatic carbocycles. The second kappa shape index (κ2) is 6.62. The van der Waals surface area contributed by atoms with Crippen LogP contribution in [0.15, 0.2) is 60.7 Å². The van der Waals surface area contributed by atoms with Crippen molar-refractivity contribution in [2.24, 2.45) is 0 Å². The third-order valence-electron chi connectivity index (χ3n) is 3.88. The van der Waals surface area contributed by atoms with Crippen LogP contribution in [0.3, 0.4) is 0 Å². The summed E-state index contributed by atoms with van der Waals surface area (Å²) in [6.07, 6.45) is 3.27. The van der Waals surface area contributed by atoms with E-state index < -0.39 is 0 Å². The number of aromatic nitrogens is 2. The lowest BCUT2D eigenvalue weighted by molar-refractivity contribution is 0.104. The summed E-state index contributed by atoms with van der Waals surface area (Å²) in [7, 11) is 0. The Morgan fingerprint density at radius 2 is 1.71 bits per heavy atom. The number of rotatable bonds is 4. The fraction of sp³-hybridized carbons (Fsp3) is 0.100. The van der Waals surface area contributed by atoms with Crippen LogP contribution >= 0.6 is 0 Å². The molecule has 3 rings (SSSR count). The van der Waals surface area contributed by atoms with Crippen molar-refractivity contribution in [3.63, 3.8) is 0 Å². The first-order valence-electron chi connectivity index (χ1n) is 7.66. The number of ketones is 1. The van der Waals surface area contributed by atoms with Gasteiger partial charge in [0.15, 0.2) is 5.78 Å². The monoisotopic (exact) mass is 320 g/mol. The minimum Gasteiger partial charge on any atom is -0.289 e. The van der Waals surface area contributed by atoms with E-state index >= 15 is 0 Å². The standard InChI is InChI=1S/C20H17FN2O/c1-14-19(12-13-20(24)16-8-10-17(21)11-9-16)15(2)23(22-14)18-6-4-3-5-7-18/h3-13H,1-2H3/b13-12+. The number of hydrogen-bond acceptors (Lipinski definition) is 2. The summed E-state index contributed by atoms with van der Waals surface area (Å²) in [6.45, 7) is 3.88. The van der Waals surface area contributed by atoms with Gasteiger partial charge in [-0.3, -0.25) is 4.79 Å². The van der Waals surface area contributed by atoms with Crippen molar-refractivity contribution >= 4 is 11.9 Å². The molecule has 0 spiro atoms. The number of hydrogen-bond donors (Lipinski definition) is 0. The second-order valence-electron chi connectivity index (χ2n) is 5.54. The van der Waals surface area contributed by atoms with Crippen LogP contribution in [0.25, 0.3) is 11.8 Å². The third-order valence-corrected chi connectivity index (χ3v) is 3.88. The number of aryl methyl sites for hydroxylation is 1. The molecule has 0 saturated heterocycles. The third kappa shape index (κ3) is 3.18. The van der Waals surface area contributed by atoms with E-state index in [-0.39, 0.29) is 11.6 Å². The van der Waals surface area contributed by atoms with Crippen molar-refractivity contribution < 1.29 is 9.18 Å². The SMILES string of the molecule is Cc1nn(-c2ccccc2)c(C)c1/C=C/C(=O)c1ccc(F)cc1. The van der Waals surface area contributed by atoms with Gasteiger partial charge in [-0.2, -0.15) is 5.10 Å². The summed E-state index contributed by atoms with van der Waals surface area (Å²) in [6, 6.07) is 15.4. The van der Waals surface area contributed by atoms with E-state index in [9.17, 15) is 9.18 Å². The zero-order chi connectivity index (χ0) is 17.1. The van der Waals surface area contributed by atoms with Gasteiger partial charge in [-0.05, 0) is 62.4 Å². The van der Waals surface area contributed by atoms with E-state index in [2.05, 4.69) is 5.10 Å². The lowest BCUT2D eigenvalue weighted by Gasteiger charge is -2.03. The summed E-state index contributed by atoms with van der Waals surface area (Å²) in [5, 5.41) is 4.55. The quantitative estimate of drug-likeness (QED) is 0.523. The summed E-state index contributed by atoms with van der Waals surface area (Å²) in [5.74, 6) is -0.521. The van der Waals surface area contributed by atoms with Gasteiger partial charge in [-0.25, -0.2) is 9.07 Å². The predicted molar refractivity (Wildman–Crippen MR) is 92.8 cm³/mol. The van der Waals surface area contributed by atoms with Crippen LogP contribution in [0.5, 0.6) is 0 Å². The molecule has 1 aromatic heterocycles. The van der Waals surface area contributed by atoms with Gasteiger partial charge in [0.05, 0.1) is 11.4 Å². The van der Waals surface area contributed by atoms with Gasteiger partial charge in [0, 0.05) is 16.8 Å². The highest BCUT2D eigenvalue weighted by Crippen LogP contribution is 2.19. The molecule has 0 N–H and O–H groups in total. The lowest BCUT2D eigenvalue weighted by atomic mass is 10.1. The fourth-order valence-electron chi connectivity index (χ4n) is 2.59. The zero-order valence-corrected chi connectivity index (χ0v) is 13.5. The average Bonchev–Trinajstić information content (AvgIpc) is 2.88. The Morgan fingerprint density at radius 1 is 1.04 bits per heavy atom. The molecule has 3 nitrogen and oxygen atoms in total. The molecule has 0 aliphatic carbocycles. The molecule has 0 aliphatic heterocycles. The molecule has 0 radical (unpaired) electrons. The lowest BCUT2D eigenvalue weighted by Crippen LogP contribution is -1.98. The van der Waals surface area contributed by atoms with Crippen LogP contribution in [0.2, 0.25) is 0 Å². The van der Waals surface area contributed by atoms with Crippen LogP contribution in [-0.4, -0.2) is 15.6 Å². The van der Waals surface area contributed by atoms with Crippen molar-refractivity contribution in [2.45, 2.75) is 13.8 Å². The highest BCUT2D eigenvalue weighted by Gasteiger charge is 2.11. The molecule has 0 aliphatic rings. The first-order chi connectivity index (χ1) is 11.6. The normalized spacial score (nSPS) is 11.1. The number of allylic oxidation sites excluding steroid dienone is 1. The van der Waals surface area contributed by atoms with Crippen LogP contribution in [0.4, 0.5) is 4.39 Å². The molecular weight excluding hydrogens is 303 g/mol. The molecular formula is C20H17FN2O. The average molecular weight is 320 g/mol. The van der Waals surface area contributed by atoms with E-state index in [1.54, 1.807) is 6.08 Å². The van der Waals surface area contributed by atoms with Crippen LogP contribution < -0.4 is 0 Å². The number of nitrogens with zero attached hydrogens (tertiary/aromatic N) is 2. The summed E-state index contributed by atoms with van der Waals surface area (Å²) in [4.78, 5) is 12.2. The van der Waals surface area contributed by atoms with Gasteiger partial charge < -0.3 is 0 Å². The van der Waals surface area contributed by atoms with Gasteiger partial charge in [-0.15, -0.1) is 0 Å². The Balaban J connectivity index is 1.89. The molecule has 0 atom stereocenters. The molecule has 0 amide bonds. The number of para-hydroxylation sites is 1. The smallest absolute Gasteiger partial charge is 0.185 e. The minimum atomic E-state index is -0.355. The molecule has 0 unspecified atom stereocenters. The van der Waals surface area contributed by atoms with Crippen molar-refractivity contribution in [1.29, 1.82) is 0 Å². The van der Waals surface area contributed by atoms with Gasteiger partial charge in [0.1, 0.15) is 5.82 Å². The van der Waals surface area contributed by atoms with Crippen LogP contribution in [-0.2, 0) is 0 Å². The van der Waals surface area contributed by atoms with E-state index in [4.69, 9.17) is 0 Å². The molecule has 120 valence electrons. The van der Waals surface area contributed by atoms with Gasteiger partial charge >= 0.3 is 0 Å².